The Labute approximate surface area is 44.5 Å². The highest BCUT2D eigenvalue weighted by molar-refractivity contribution is 7.23. The predicted octanol–water partition coefficient (Wildman–Crippen LogP) is 1.52. The molecule has 0 saturated carbocycles. The van der Waals surface area contributed by atoms with Crippen molar-refractivity contribution in [2.24, 2.45) is 0 Å². The monoisotopic (exact) mass is 122 g/mol. The van der Waals surface area contributed by atoms with E-state index in [-0.39, 0.29) is 0 Å². The molecule has 0 radical (unpaired) electrons. The van der Waals surface area contributed by atoms with Crippen molar-refractivity contribution in [1.82, 2.24) is 0 Å². The molecule has 0 amide bonds. The molecule has 0 aromatic carbocycles. The molecule has 0 saturated heterocycles. The molecule has 6 heavy (non-hydrogen) atoms. The van der Waals surface area contributed by atoms with Crippen LogP contribution in [0.3, 0.4) is 0 Å². The van der Waals surface area contributed by atoms with Gasteiger partial charge in [0.25, 0.3) is 0 Å². The molecule has 0 aliphatic heterocycles. The van der Waals surface area contributed by atoms with Crippen LogP contribution in [-0.4, -0.2) is 11.3 Å². The largest absolute Gasteiger partial charge is 0.137 e. The lowest BCUT2D eigenvalue weighted by atomic mass is 10.2. The van der Waals surface area contributed by atoms with E-state index in [1.54, 1.807) is 0 Å². The molecular weight excluding hydrogens is 110 g/mol. The molecule has 0 spiro atoms. The summed E-state index contributed by atoms with van der Waals surface area (Å²) in [5.41, 5.74) is 0. The second-order valence-electron chi connectivity index (χ2n) is 2.19. The molecule has 0 rings (SSSR count). The second kappa shape index (κ2) is 2.24. The first-order valence-corrected chi connectivity index (χ1v) is 3.44. The highest BCUT2D eigenvalue weighted by atomic mass is 31.0. The molecule has 0 aromatic heterocycles. The van der Waals surface area contributed by atoms with Crippen molar-refractivity contribution in [3.63, 3.8) is 0 Å². The molecular formula is C4H12P2. The fourth-order valence-electron chi connectivity index (χ4n) is 0. The number of rotatable bonds is 1. The minimum atomic E-state index is 0.421. The van der Waals surface area contributed by atoms with Gasteiger partial charge < -0.3 is 0 Å². The van der Waals surface area contributed by atoms with Crippen LogP contribution in [0.15, 0.2) is 0 Å². The van der Waals surface area contributed by atoms with Gasteiger partial charge in [0.2, 0.25) is 0 Å². The van der Waals surface area contributed by atoms with Crippen molar-refractivity contribution in [3.8, 4) is 0 Å². The summed E-state index contributed by atoms with van der Waals surface area (Å²) in [5, 5.41) is 0.421. The van der Waals surface area contributed by atoms with Crippen LogP contribution in [0.2, 0.25) is 0 Å². The van der Waals surface area contributed by atoms with Crippen molar-refractivity contribution < 1.29 is 0 Å². The standard InChI is InChI=1S/C4H12P2/c1-4(2,6)3-5/h3,5-6H2,1-2H3. The summed E-state index contributed by atoms with van der Waals surface area (Å²) in [5.74, 6) is 0. The Kier molecular flexibility index (Phi) is 2.56. The van der Waals surface area contributed by atoms with Crippen molar-refractivity contribution >= 4 is 18.5 Å². The molecule has 0 heterocycles. The first-order chi connectivity index (χ1) is 2.56. The van der Waals surface area contributed by atoms with Gasteiger partial charge in [-0.05, 0) is 11.3 Å². The van der Waals surface area contributed by atoms with E-state index in [9.17, 15) is 0 Å². The third-order valence-electron chi connectivity index (χ3n) is 0.526. The Balaban J connectivity index is 3.17. The van der Waals surface area contributed by atoms with Gasteiger partial charge in [0.15, 0.2) is 0 Å². The van der Waals surface area contributed by atoms with E-state index in [1.807, 2.05) is 0 Å². The van der Waals surface area contributed by atoms with Crippen LogP contribution in [-0.2, 0) is 0 Å². The molecule has 38 valence electrons. The third kappa shape index (κ3) is 4.86. The Morgan fingerprint density at radius 2 is 1.67 bits per heavy atom. The molecule has 0 aliphatic rings. The average molecular weight is 122 g/mol. The van der Waals surface area contributed by atoms with Crippen LogP contribution >= 0.6 is 18.5 Å². The van der Waals surface area contributed by atoms with Gasteiger partial charge in [-0.3, -0.25) is 0 Å². The van der Waals surface area contributed by atoms with Crippen molar-refractivity contribution in [2.75, 3.05) is 6.16 Å². The molecule has 0 bridgehead atoms. The SMILES string of the molecule is CC(C)(P)CP. The van der Waals surface area contributed by atoms with Gasteiger partial charge in [-0.25, -0.2) is 0 Å². The van der Waals surface area contributed by atoms with E-state index in [0.29, 0.717) is 5.16 Å². The fourth-order valence-corrected chi connectivity index (χ4v) is 0. The van der Waals surface area contributed by atoms with E-state index in [1.165, 1.54) is 0 Å². The fraction of sp³-hybridized carbons (Fsp3) is 1.00. The number of hydrogen-bond acceptors (Lipinski definition) is 0. The quantitative estimate of drug-likeness (QED) is 0.462. The minimum absolute atomic E-state index is 0.421. The lowest BCUT2D eigenvalue weighted by molar-refractivity contribution is 0.818. The summed E-state index contributed by atoms with van der Waals surface area (Å²) in [6, 6.07) is 0. The van der Waals surface area contributed by atoms with Crippen LogP contribution in [0.5, 0.6) is 0 Å². The van der Waals surface area contributed by atoms with Gasteiger partial charge in [0.1, 0.15) is 0 Å². The highest BCUT2D eigenvalue weighted by Crippen LogP contribution is 2.17. The summed E-state index contributed by atoms with van der Waals surface area (Å²) in [7, 11) is 5.47. The lowest BCUT2D eigenvalue weighted by Gasteiger charge is -2.12. The van der Waals surface area contributed by atoms with Crippen LogP contribution < -0.4 is 0 Å². The second-order valence-corrected chi connectivity index (χ2v) is 4.16. The Morgan fingerprint density at radius 1 is 1.50 bits per heavy atom. The number of hydrogen-bond donors (Lipinski definition) is 0. The third-order valence-corrected chi connectivity index (χ3v) is 2.29. The maximum atomic E-state index is 2.77. The zero-order valence-corrected chi connectivity index (χ0v) is 6.67. The van der Waals surface area contributed by atoms with Gasteiger partial charge in [-0.15, -0.1) is 18.5 Å². The molecule has 0 aromatic rings. The first-order valence-electron chi connectivity index (χ1n) is 2.05. The summed E-state index contributed by atoms with van der Waals surface area (Å²) in [4.78, 5) is 0. The van der Waals surface area contributed by atoms with E-state index >= 15 is 0 Å². The van der Waals surface area contributed by atoms with Crippen LogP contribution in [0.25, 0.3) is 0 Å². The Bertz CT molecular complexity index is 35.3. The van der Waals surface area contributed by atoms with E-state index in [0.717, 1.165) is 6.16 Å². The smallest absolute Gasteiger partial charge is 0.0172 e. The summed E-state index contributed by atoms with van der Waals surface area (Å²) in [6.07, 6.45) is 1.15. The lowest BCUT2D eigenvalue weighted by Crippen LogP contribution is -2.09. The average Bonchev–Trinajstić information content (AvgIpc) is 1.35. The summed E-state index contributed by atoms with van der Waals surface area (Å²) < 4.78 is 0. The molecule has 0 nitrogen and oxygen atoms in total. The zero-order valence-electron chi connectivity index (χ0n) is 4.36. The van der Waals surface area contributed by atoms with E-state index < -0.39 is 0 Å². The first kappa shape index (κ1) is 6.86. The van der Waals surface area contributed by atoms with Gasteiger partial charge in [-0.2, -0.15) is 0 Å². The highest BCUT2D eigenvalue weighted by Gasteiger charge is 2.03. The normalized spacial score (nSPS) is 12.0. The Morgan fingerprint density at radius 3 is 1.67 bits per heavy atom. The van der Waals surface area contributed by atoms with Gasteiger partial charge >= 0.3 is 0 Å². The van der Waals surface area contributed by atoms with Crippen LogP contribution in [0, 0.1) is 0 Å². The molecule has 0 fully saturated rings. The molecule has 0 aliphatic carbocycles. The topological polar surface area (TPSA) is 0 Å². The van der Waals surface area contributed by atoms with E-state index in [2.05, 4.69) is 32.3 Å². The van der Waals surface area contributed by atoms with Gasteiger partial charge in [0.05, 0.1) is 0 Å². The van der Waals surface area contributed by atoms with Crippen molar-refractivity contribution in [1.29, 1.82) is 0 Å². The molecule has 2 atom stereocenters. The molecule has 2 unspecified atom stereocenters. The maximum absolute atomic E-state index is 2.77. The van der Waals surface area contributed by atoms with Crippen LogP contribution in [0.4, 0.5) is 0 Å². The molecule has 0 N–H and O–H groups in total. The minimum Gasteiger partial charge on any atom is -0.137 e. The van der Waals surface area contributed by atoms with Crippen molar-refractivity contribution in [3.05, 3.63) is 0 Å². The van der Waals surface area contributed by atoms with Gasteiger partial charge in [0, 0.05) is 0 Å². The summed E-state index contributed by atoms with van der Waals surface area (Å²) in [6.45, 7) is 4.37. The molecule has 2 heteroatoms. The summed E-state index contributed by atoms with van der Waals surface area (Å²) >= 11 is 0. The van der Waals surface area contributed by atoms with Gasteiger partial charge in [-0.1, -0.05) is 13.8 Å². The zero-order chi connectivity index (χ0) is 5.21. The van der Waals surface area contributed by atoms with E-state index in [4.69, 9.17) is 0 Å². The van der Waals surface area contributed by atoms with Crippen molar-refractivity contribution in [2.45, 2.75) is 19.0 Å². The predicted molar refractivity (Wildman–Crippen MR) is 38.4 cm³/mol. The van der Waals surface area contributed by atoms with Crippen LogP contribution in [0.1, 0.15) is 13.8 Å². The maximum Gasteiger partial charge on any atom is -0.0172 e. The Hall–Kier alpha value is 0.860.